The molecule has 0 spiro atoms. The largest absolute Gasteiger partial charge is 0.469 e. The standard InChI is InChI=1S/C19H32O2/c1-3-4-5-6-7-8-9-10-11-12-13-14-15-16-17-18-19(20)21-2/h6-11H,3-5,12-18H2,1-2H3/b7-6+,9-8+,11-10-. The van der Waals surface area contributed by atoms with E-state index in [0.717, 1.165) is 19.3 Å². The van der Waals surface area contributed by atoms with Crippen LogP contribution in [0, 0.1) is 0 Å². The highest BCUT2D eigenvalue weighted by molar-refractivity contribution is 5.68. The van der Waals surface area contributed by atoms with Crippen LogP contribution in [0.15, 0.2) is 36.5 Å². The zero-order chi connectivity index (χ0) is 15.6. The highest BCUT2D eigenvalue weighted by Crippen LogP contribution is 2.08. The molecule has 0 unspecified atom stereocenters. The van der Waals surface area contributed by atoms with Crippen LogP contribution < -0.4 is 0 Å². The van der Waals surface area contributed by atoms with Crippen molar-refractivity contribution in [1.29, 1.82) is 0 Å². The number of ether oxygens (including phenoxy) is 1. The summed E-state index contributed by atoms with van der Waals surface area (Å²) < 4.78 is 4.61. The number of carbonyl (C=O) groups excluding carboxylic acids is 1. The lowest BCUT2D eigenvalue weighted by atomic mass is 10.1. The molecule has 0 aliphatic carbocycles. The second-order valence-corrected chi connectivity index (χ2v) is 5.27. The fraction of sp³-hybridized carbons (Fsp3) is 0.632. The molecule has 0 amide bonds. The molecular weight excluding hydrogens is 260 g/mol. The Morgan fingerprint density at radius 3 is 2.00 bits per heavy atom. The van der Waals surface area contributed by atoms with Gasteiger partial charge in [0.25, 0.3) is 0 Å². The van der Waals surface area contributed by atoms with E-state index in [9.17, 15) is 4.79 Å². The highest BCUT2D eigenvalue weighted by atomic mass is 16.5. The van der Waals surface area contributed by atoms with Crippen LogP contribution in [0.1, 0.15) is 71.1 Å². The van der Waals surface area contributed by atoms with E-state index in [2.05, 4.69) is 48.1 Å². The molecule has 0 rings (SSSR count). The van der Waals surface area contributed by atoms with Gasteiger partial charge in [-0.3, -0.25) is 4.79 Å². The quantitative estimate of drug-likeness (QED) is 0.245. The predicted octanol–water partition coefficient (Wildman–Crippen LogP) is 5.75. The zero-order valence-electron chi connectivity index (χ0n) is 13.9. The molecule has 0 fully saturated rings. The number of esters is 1. The second kappa shape index (κ2) is 16.7. The molecule has 2 heteroatoms. The lowest BCUT2D eigenvalue weighted by Gasteiger charge is -1.99. The molecule has 0 aromatic carbocycles. The minimum atomic E-state index is -0.0894. The minimum absolute atomic E-state index is 0.0894. The Bertz CT molecular complexity index is 314. The maximum absolute atomic E-state index is 10.9. The molecule has 21 heavy (non-hydrogen) atoms. The van der Waals surface area contributed by atoms with Gasteiger partial charge in [0, 0.05) is 6.42 Å². The third-order valence-electron chi connectivity index (χ3n) is 3.31. The summed E-state index contributed by atoms with van der Waals surface area (Å²) in [6, 6.07) is 0. The molecule has 0 saturated carbocycles. The molecule has 0 aliphatic rings. The van der Waals surface area contributed by atoms with Crippen molar-refractivity contribution in [2.24, 2.45) is 0 Å². The van der Waals surface area contributed by atoms with Crippen LogP contribution in [0.25, 0.3) is 0 Å². The minimum Gasteiger partial charge on any atom is -0.469 e. The van der Waals surface area contributed by atoms with Crippen LogP contribution in [0.3, 0.4) is 0 Å². The van der Waals surface area contributed by atoms with E-state index in [1.807, 2.05) is 0 Å². The first-order valence-electron chi connectivity index (χ1n) is 8.36. The van der Waals surface area contributed by atoms with Gasteiger partial charge in [-0.2, -0.15) is 0 Å². The van der Waals surface area contributed by atoms with E-state index in [0.29, 0.717) is 6.42 Å². The molecule has 0 aliphatic heterocycles. The Balaban J connectivity index is 3.30. The molecular formula is C19H32O2. The maximum atomic E-state index is 10.9. The predicted molar refractivity (Wildman–Crippen MR) is 91.3 cm³/mol. The third-order valence-corrected chi connectivity index (χ3v) is 3.31. The summed E-state index contributed by atoms with van der Waals surface area (Å²) in [5.41, 5.74) is 0. The summed E-state index contributed by atoms with van der Waals surface area (Å²) in [4.78, 5) is 10.9. The van der Waals surface area contributed by atoms with E-state index in [1.165, 1.54) is 45.6 Å². The summed E-state index contributed by atoms with van der Waals surface area (Å²) in [5.74, 6) is -0.0894. The van der Waals surface area contributed by atoms with E-state index in [4.69, 9.17) is 0 Å². The molecule has 0 heterocycles. The molecule has 2 nitrogen and oxygen atoms in total. The van der Waals surface area contributed by atoms with Gasteiger partial charge in [0.15, 0.2) is 0 Å². The fourth-order valence-corrected chi connectivity index (χ4v) is 1.96. The van der Waals surface area contributed by atoms with Crippen molar-refractivity contribution in [3.8, 4) is 0 Å². The zero-order valence-corrected chi connectivity index (χ0v) is 13.9. The smallest absolute Gasteiger partial charge is 0.305 e. The van der Waals surface area contributed by atoms with E-state index >= 15 is 0 Å². The highest BCUT2D eigenvalue weighted by Gasteiger charge is 1.98. The number of hydrogen-bond acceptors (Lipinski definition) is 2. The average molecular weight is 292 g/mol. The molecule has 120 valence electrons. The van der Waals surface area contributed by atoms with Crippen LogP contribution in [0.2, 0.25) is 0 Å². The average Bonchev–Trinajstić information content (AvgIpc) is 2.50. The molecule has 0 atom stereocenters. The van der Waals surface area contributed by atoms with Gasteiger partial charge in [-0.15, -0.1) is 0 Å². The fourth-order valence-electron chi connectivity index (χ4n) is 1.96. The van der Waals surface area contributed by atoms with Gasteiger partial charge < -0.3 is 4.74 Å². The van der Waals surface area contributed by atoms with Crippen molar-refractivity contribution in [2.75, 3.05) is 7.11 Å². The van der Waals surface area contributed by atoms with Gasteiger partial charge in [-0.1, -0.05) is 75.5 Å². The van der Waals surface area contributed by atoms with Crippen molar-refractivity contribution in [2.45, 2.75) is 71.1 Å². The van der Waals surface area contributed by atoms with Crippen molar-refractivity contribution >= 4 is 5.97 Å². The first kappa shape index (κ1) is 19.7. The number of methoxy groups -OCH3 is 1. The van der Waals surface area contributed by atoms with Gasteiger partial charge >= 0.3 is 5.97 Å². The Labute approximate surface area is 131 Å². The molecule has 0 saturated heterocycles. The first-order valence-corrected chi connectivity index (χ1v) is 8.36. The molecule has 0 N–H and O–H groups in total. The lowest BCUT2D eigenvalue weighted by molar-refractivity contribution is -0.140. The van der Waals surface area contributed by atoms with Crippen molar-refractivity contribution in [3.05, 3.63) is 36.5 Å². The number of hydrogen-bond donors (Lipinski definition) is 0. The normalized spacial score (nSPS) is 11.9. The first-order chi connectivity index (χ1) is 10.3. The summed E-state index contributed by atoms with van der Waals surface area (Å²) in [6.07, 6.45) is 24.1. The van der Waals surface area contributed by atoms with Crippen molar-refractivity contribution in [3.63, 3.8) is 0 Å². The monoisotopic (exact) mass is 292 g/mol. The number of carbonyl (C=O) groups is 1. The Hall–Kier alpha value is -1.31. The molecule has 0 bridgehead atoms. The number of unbranched alkanes of at least 4 members (excludes halogenated alkanes) is 7. The van der Waals surface area contributed by atoms with Gasteiger partial charge in [0.1, 0.15) is 0 Å². The number of allylic oxidation sites excluding steroid dienone is 6. The third kappa shape index (κ3) is 16.6. The van der Waals surface area contributed by atoms with Crippen molar-refractivity contribution in [1.82, 2.24) is 0 Å². The topological polar surface area (TPSA) is 26.3 Å². The van der Waals surface area contributed by atoms with Crippen molar-refractivity contribution < 1.29 is 9.53 Å². The lowest BCUT2D eigenvalue weighted by Crippen LogP contribution is -1.98. The van der Waals surface area contributed by atoms with Crippen LogP contribution >= 0.6 is 0 Å². The molecule has 0 radical (unpaired) electrons. The Morgan fingerprint density at radius 1 is 0.810 bits per heavy atom. The summed E-state index contributed by atoms with van der Waals surface area (Å²) in [6.45, 7) is 2.21. The summed E-state index contributed by atoms with van der Waals surface area (Å²) in [5, 5.41) is 0. The molecule has 0 aromatic rings. The van der Waals surface area contributed by atoms with Gasteiger partial charge in [0.05, 0.1) is 7.11 Å². The SMILES string of the molecule is CCCC/C=C/C=C/C=C\CCCCCCCC(=O)OC. The molecule has 0 aromatic heterocycles. The summed E-state index contributed by atoms with van der Waals surface area (Å²) in [7, 11) is 1.45. The van der Waals surface area contributed by atoms with Gasteiger partial charge in [-0.25, -0.2) is 0 Å². The maximum Gasteiger partial charge on any atom is 0.305 e. The van der Waals surface area contributed by atoms with Crippen LogP contribution in [-0.4, -0.2) is 13.1 Å². The van der Waals surface area contributed by atoms with E-state index in [-0.39, 0.29) is 5.97 Å². The Morgan fingerprint density at radius 2 is 1.38 bits per heavy atom. The van der Waals surface area contributed by atoms with Gasteiger partial charge in [0.2, 0.25) is 0 Å². The van der Waals surface area contributed by atoms with E-state index in [1.54, 1.807) is 0 Å². The van der Waals surface area contributed by atoms with Crippen LogP contribution in [-0.2, 0) is 9.53 Å². The number of rotatable bonds is 13. The Kier molecular flexibility index (Phi) is 15.7. The summed E-state index contributed by atoms with van der Waals surface area (Å²) >= 11 is 0. The van der Waals surface area contributed by atoms with Crippen LogP contribution in [0.5, 0.6) is 0 Å². The second-order valence-electron chi connectivity index (χ2n) is 5.27. The van der Waals surface area contributed by atoms with E-state index < -0.39 is 0 Å². The van der Waals surface area contributed by atoms with Crippen LogP contribution in [0.4, 0.5) is 0 Å². The van der Waals surface area contributed by atoms with Gasteiger partial charge in [-0.05, 0) is 25.7 Å².